The first-order chi connectivity index (χ1) is 27.7. The molecule has 0 fully saturated rings. The summed E-state index contributed by atoms with van der Waals surface area (Å²) in [5.74, 6) is 0. The first-order valence-corrected chi connectivity index (χ1v) is 19.2. The number of benzene rings is 10. The minimum absolute atomic E-state index is 0.862. The van der Waals surface area contributed by atoms with Crippen LogP contribution in [0.4, 0.5) is 17.1 Å². The Hall–Kier alpha value is -7.42. The van der Waals surface area contributed by atoms with Gasteiger partial charge in [-0.2, -0.15) is 0 Å². The lowest BCUT2D eigenvalue weighted by molar-refractivity contribution is 0.669. The van der Waals surface area contributed by atoms with Gasteiger partial charge in [0.1, 0.15) is 11.2 Å². The minimum atomic E-state index is 0.862. The van der Waals surface area contributed by atoms with Gasteiger partial charge in [0.2, 0.25) is 0 Å². The van der Waals surface area contributed by atoms with E-state index in [4.69, 9.17) is 4.42 Å². The van der Waals surface area contributed by atoms with Crippen LogP contribution in [0.15, 0.2) is 217 Å². The lowest BCUT2D eigenvalue weighted by Crippen LogP contribution is -2.12. The molecule has 1 heterocycles. The summed E-state index contributed by atoms with van der Waals surface area (Å²) in [6.07, 6.45) is 0. The highest BCUT2D eigenvalue weighted by Gasteiger charge is 2.23. The third-order valence-electron chi connectivity index (χ3n) is 11.2. The minimum Gasteiger partial charge on any atom is -0.456 e. The van der Waals surface area contributed by atoms with Crippen LogP contribution in [-0.2, 0) is 0 Å². The second-order valence-corrected chi connectivity index (χ2v) is 14.5. The van der Waals surface area contributed by atoms with Crippen LogP contribution < -0.4 is 4.90 Å². The molecule has 0 aliphatic carbocycles. The smallest absolute Gasteiger partial charge is 0.137 e. The number of furan rings is 1. The van der Waals surface area contributed by atoms with E-state index in [1.807, 2.05) is 6.07 Å². The molecule has 2 heteroatoms. The summed E-state index contributed by atoms with van der Waals surface area (Å²) < 4.78 is 6.48. The molecule has 0 unspecified atom stereocenters. The van der Waals surface area contributed by atoms with Crippen molar-refractivity contribution >= 4 is 71.3 Å². The lowest BCUT2D eigenvalue weighted by atomic mass is 9.95. The maximum atomic E-state index is 6.48. The summed E-state index contributed by atoms with van der Waals surface area (Å²) in [5.41, 5.74) is 11.9. The van der Waals surface area contributed by atoms with Gasteiger partial charge >= 0.3 is 0 Å². The number of para-hydroxylation sites is 1. The van der Waals surface area contributed by atoms with Gasteiger partial charge < -0.3 is 9.32 Å². The van der Waals surface area contributed by atoms with Crippen molar-refractivity contribution in [2.24, 2.45) is 0 Å². The van der Waals surface area contributed by atoms with E-state index < -0.39 is 0 Å². The molecule has 1 aromatic heterocycles. The first-order valence-electron chi connectivity index (χ1n) is 19.2. The maximum absolute atomic E-state index is 6.48. The van der Waals surface area contributed by atoms with Crippen LogP contribution in [0.25, 0.3) is 87.6 Å². The molecule has 0 radical (unpaired) electrons. The van der Waals surface area contributed by atoms with E-state index in [1.54, 1.807) is 0 Å². The quantitative estimate of drug-likeness (QED) is 0.160. The molecule has 0 atom stereocenters. The van der Waals surface area contributed by atoms with Crippen LogP contribution in [0, 0.1) is 0 Å². The highest BCUT2D eigenvalue weighted by molar-refractivity contribution is 6.14. The fourth-order valence-electron chi connectivity index (χ4n) is 8.47. The highest BCUT2D eigenvalue weighted by Crippen LogP contribution is 2.47. The van der Waals surface area contributed by atoms with Gasteiger partial charge in [0.15, 0.2) is 0 Å². The second-order valence-electron chi connectivity index (χ2n) is 14.5. The van der Waals surface area contributed by atoms with Crippen molar-refractivity contribution in [1.82, 2.24) is 0 Å². The average Bonchev–Trinajstić information content (AvgIpc) is 3.66. The predicted octanol–water partition coefficient (Wildman–Crippen LogP) is 15.5. The van der Waals surface area contributed by atoms with Crippen molar-refractivity contribution in [1.29, 1.82) is 0 Å². The third-order valence-corrected chi connectivity index (χ3v) is 11.2. The fraction of sp³-hybridized carbons (Fsp3) is 0. The Bertz CT molecular complexity index is 3250. The predicted molar refractivity (Wildman–Crippen MR) is 237 cm³/mol. The van der Waals surface area contributed by atoms with E-state index in [0.717, 1.165) is 55.7 Å². The van der Waals surface area contributed by atoms with Crippen molar-refractivity contribution in [3.05, 3.63) is 212 Å². The largest absolute Gasteiger partial charge is 0.456 e. The number of fused-ring (bicyclic) bond motifs is 7. The zero-order valence-corrected chi connectivity index (χ0v) is 30.6. The molecule has 0 aliphatic rings. The number of rotatable bonds is 6. The molecule has 0 spiro atoms. The Morgan fingerprint density at radius 1 is 0.304 bits per heavy atom. The van der Waals surface area contributed by atoms with Crippen molar-refractivity contribution in [2.45, 2.75) is 0 Å². The van der Waals surface area contributed by atoms with E-state index in [9.17, 15) is 0 Å². The Labute approximate surface area is 325 Å². The van der Waals surface area contributed by atoms with Crippen LogP contribution in [0.3, 0.4) is 0 Å². The van der Waals surface area contributed by atoms with Gasteiger partial charge in [0.25, 0.3) is 0 Å². The number of hydrogen-bond donors (Lipinski definition) is 0. The van der Waals surface area contributed by atoms with Gasteiger partial charge in [0.05, 0.1) is 16.8 Å². The van der Waals surface area contributed by atoms with Crippen molar-refractivity contribution < 1.29 is 4.42 Å². The third kappa shape index (κ3) is 5.42. The number of nitrogens with zero attached hydrogens (tertiary/aromatic N) is 1. The summed E-state index contributed by atoms with van der Waals surface area (Å²) in [5, 5.41) is 9.69. The first kappa shape index (κ1) is 32.0. The normalized spacial score (nSPS) is 11.6. The molecule has 0 amide bonds. The summed E-state index contributed by atoms with van der Waals surface area (Å²) >= 11 is 0. The Morgan fingerprint density at radius 2 is 0.893 bits per heavy atom. The van der Waals surface area contributed by atoms with Gasteiger partial charge in [-0.3, -0.25) is 0 Å². The van der Waals surface area contributed by atoms with Gasteiger partial charge in [-0.25, -0.2) is 0 Å². The second kappa shape index (κ2) is 13.2. The Balaban J connectivity index is 1.12. The zero-order chi connectivity index (χ0) is 37.0. The van der Waals surface area contributed by atoms with E-state index in [-0.39, 0.29) is 0 Å². The fourth-order valence-corrected chi connectivity index (χ4v) is 8.47. The Morgan fingerprint density at radius 3 is 1.77 bits per heavy atom. The van der Waals surface area contributed by atoms with Gasteiger partial charge in [0, 0.05) is 16.6 Å². The lowest BCUT2D eigenvalue weighted by Gasteiger charge is -2.29. The molecule has 56 heavy (non-hydrogen) atoms. The van der Waals surface area contributed by atoms with Gasteiger partial charge in [-0.05, 0) is 109 Å². The van der Waals surface area contributed by atoms with E-state index in [1.165, 1.54) is 49.0 Å². The van der Waals surface area contributed by atoms with Crippen molar-refractivity contribution in [2.75, 3.05) is 4.90 Å². The van der Waals surface area contributed by atoms with Crippen LogP contribution >= 0.6 is 0 Å². The number of hydrogen-bond acceptors (Lipinski definition) is 2. The topological polar surface area (TPSA) is 16.4 Å². The summed E-state index contributed by atoms with van der Waals surface area (Å²) in [4.78, 5) is 2.42. The molecule has 0 saturated heterocycles. The summed E-state index contributed by atoms with van der Waals surface area (Å²) in [6.45, 7) is 0. The van der Waals surface area contributed by atoms with Crippen LogP contribution in [0.5, 0.6) is 0 Å². The molecule has 0 aliphatic heterocycles. The zero-order valence-electron chi connectivity index (χ0n) is 30.6. The highest BCUT2D eigenvalue weighted by atomic mass is 16.3. The van der Waals surface area contributed by atoms with E-state index in [0.29, 0.717) is 0 Å². The van der Waals surface area contributed by atoms with Gasteiger partial charge in [-0.15, -0.1) is 0 Å². The van der Waals surface area contributed by atoms with E-state index in [2.05, 4.69) is 211 Å². The summed E-state index contributed by atoms with van der Waals surface area (Å²) in [7, 11) is 0. The standard InChI is InChI=1S/C54H35NO/c1-2-12-38(13-3-1)48-32-28-43(42-23-21-36-11-4-5-15-40(36)33-42)35-51(48)55(50-18-10-20-53-54(50)49-17-8-9-19-52(49)56-53)45-29-25-37(26-30-45)41-27-31-47-44(34-41)24-22-39-14-6-7-16-46(39)47/h1-35H. The molecule has 11 rings (SSSR count). The molecule has 2 nitrogen and oxygen atoms in total. The average molecular weight is 714 g/mol. The van der Waals surface area contributed by atoms with Crippen molar-refractivity contribution in [3.8, 4) is 33.4 Å². The van der Waals surface area contributed by atoms with Crippen LogP contribution in [0.1, 0.15) is 0 Å². The molecule has 10 aromatic carbocycles. The van der Waals surface area contributed by atoms with Crippen molar-refractivity contribution in [3.63, 3.8) is 0 Å². The number of anilines is 3. The molecule has 0 bridgehead atoms. The molecular formula is C54H35NO. The summed E-state index contributed by atoms with van der Waals surface area (Å²) in [6, 6.07) is 76.6. The van der Waals surface area contributed by atoms with Gasteiger partial charge in [-0.1, -0.05) is 164 Å². The monoisotopic (exact) mass is 713 g/mol. The Kier molecular flexibility index (Phi) is 7.53. The molecule has 0 saturated carbocycles. The molecule has 0 N–H and O–H groups in total. The maximum Gasteiger partial charge on any atom is 0.137 e. The van der Waals surface area contributed by atoms with Crippen LogP contribution in [-0.4, -0.2) is 0 Å². The van der Waals surface area contributed by atoms with Crippen LogP contribution in [0.2, 0.25) is 0 Å². The van der Waals surface area contributed by atoms with E-state index >= 15 is 0 Å². The molecule has 262 valence electrons. The SMILES string of the molecule is c1ccc(-c2ccc(-c3ccc4ccccc4c3)cc2N(c2ccc(-c3ccc4c(ccc5ccccc54)c3)cc2)c2cccc3oc4ccccc4c23)cc1. The molecular weight excluding hydrogens is 679 g/mol. The molecule has 11 aromatic rings.